The van der Waals surface area contributed by atoms with Crippen molar-refractivity contribution in [3.05, 3.63) is 76.9 Å². The number of pyridine rings is 1. The predicted octanol–water partition coefficient (Wildman–Crippen LogP) is 4.13. The quantitative estimate of drug-likeness (QED) is 0.626. The smallest absolute Gasteiger partial charge is 0.319 e. The number of urea groups is 1. The number of benzene rings is 1. The first kappa shape index (κ1) is 19.3. The van der Waals surface area contributed by atoms with Crippen LogP contribution in [0.25, 0.3) is 0 Å². The summed E-state index contributed by atoms with van der Waals surface area (Å²) in [5.41, 5.74) is 1.06. The fraction of sp³-hybridized carbons (Fsp3) is 0.111. The lowest BCUT2D eigenvalue weighted by molar-refractivity contribution is 0.252. The van der Waals surface area contributed by atoms with Gasteiger partial charge in [-0.3, -0.25) is 4.98 Å². The van der Waals surface area contributed by atoms with E-state index < -0.39 is 21.1 Å². The molecule has 1 aromatic carbocycles. The van der Waals surface area contributed by atoms with Crippen LogP contribution in [0.2, 0.25) is 5.02 Å². The number of nitrogens with one attached hydrogen (secondary N) is 2. The lowest BCUT2D eigenvalue weighted by Gasteiger charge is -2.18. The van der Waals surface area contributed by atoms with Crippen LogP contribution in [0.3, 0.4) is 0 Å². The molecule has 3 aromatic rings. The van der Waals surface area contributed by atoms with Gasteiger partial charge in [0, 0.05) is 29.6 Å². The molecule has 6 nitrogen and oxygen atoms in total. The summed E-state index contributed by atoms with van der Waals surface area (Å²) in [5, 5.41) is 6.59. The van der Waals surface area contributed by atoms with Crippen molar-refractivity contribution in [1.29, 1.82) is 0 Å². The number of carbonyl (C=O) groups is 1. The number of rotatable bonds is 6. The van der Waals surface area contributed by atoms with Gasteiger partial charge >= 0.3 is 6.03 Å². The van der Waals surface area contributed by atoms with Crippen molar-refractivity contribution in [1.82, 2.24) is 10.3 Å². The Hall–Kier alpha value is -2.42. The van der Waals surface area contributed by atoms with Gasteiger partial charge in [-0.1, -0.05) is 23.7 Å². The van der Waals surface area contributed by atoms with E-state index in [0.29, 0.717) is 16.3 Å². The van der Waals surface area contributed by atoms with E-state index >= 15 is 0 Å². The van der Waals surface area contributed by atoms with Crippen molar-refractivity contribution >= 4 is 44.5 Å². The molecule has 3 rings (SSSR count). The summed E-state index contributed by atoms with van der Waals surface area (Å²) in [7, 11) is -3.67. The van der Waals surface area contributed by atoms with E-state index in [9.17, 15) is 13.2 Å². The van der Waals surface area contributed by atoms with Crippen molar-refractivity contribution in [2.75, 3.05) is 11.9 Å². The van der Waals surface area contributed by atoms with Gasteiger partial charge in [0.05, 0.1) is 0 Å². The molecule has 0 spiro atoms. The minimum Gasteiger partial charge on any atom is -0.336 e. The molecular weight excluding hydrogens is 406 g/mol. The zero-order chi connectivity index (χ0) is 19.3. The van der Waals surface area contributed by atoms with Gasteiger partial charge < -0.3 is 10.6 Å². The Kier molecular flexibility index (Phi) is 6.10. The molecule has 9 heteroatoms. The molecule has 2 heterocycles. The Balaban J connectivity index is 1.76. The van der Waals surface area contributed by atoms with E-state index in [2.05, 4.69) is 15.6 Å². The largest absolute Gasteiger partial charge is 0.336 e. The fourth-order valence-electron chi connectivity index (χ4n) is 2.43. The van der Waals surface area contributed by atoms with Crippen LogP contribution in [-0.2, 0) is 9.84 Å². The lowest BCUT2D eigenvalue weighted by atomic mass is 10.2. The highest BCUT2D eigenvalue weighted by atomic mass is 35.5. The molecule has 0 fully saturated rings. The molecule has 0 aliphatic heterocycles. The summed E-state index contributed by atoms with van der Waals surface area (Å²) in [5.74, 6) is 0. The zero-order valence-corrected chi connectivity index (χ0v) is 16.4. The number of nitrogens with zero attached hydrogens (tertiary/aromatic N) is 1. The van der Waals surface area contributed by atoms with Gasteiger partial charge in [0.2, 0.25) is 0 Å². The van der Waals surface area contributed by atoms with Crippen LogP contribution in [0.4, 0.5) is 10.5 Å². The summed E-state index contributed by atoms with van der Waals surface area (Å²) >= 11 is 6.96. The van der Waals surface area contributed by atoms with Crippen molar-refractivity contribution in [2.24, 2.45) is 0 Å². The number of sulfone groups is 1. The average molecular weight is 422 g/mol. The fourth-order valence-corrected chi connectivity index (χ4v) is 5.41. The second kappa shape index (κ2) is 8.51. The number of thiophene rings is 1. The normalized spacial score (nSPS) is 12.3. The van der Waals surface area contributed by atoms with E-state index in [1.807, 2.05) is 0 Å². The molecular formula is C18H16ClN3O3S2. The van der Waals surface area contributed by atoms with Gasteiger partial charge in [-0.15, -0.1) is 11.3 Å². The Morgan fingerprint density at radius 1 is 1.15 bits per heavy atom. The Morgan fingerprint density at radius 2 is 1.93 bits per heavy atom. The molecule has 0 saturated heterocycles. The Bertz CT molecular complexity index is 992. The average Bonchev–Trinajstić information content (AvgIpc) is 3.20. The van der Waals surface area contributed by atoms with E-state index in [1.165, 1.54) is 6.20 Å². The molecule has 0 bridgehead atoms. The van der Waals surface area contributed by atoms with Gasteiger partial charge in [-0.2, -0.15) is 0 Å². The molecule has 140 valence electrons. The maximum absolute atomic E-state index is 13.0. The molecule has 1 unspecified atom stereocenters. The van der Waals surface area contributed by atoms with E-state index in [0.717, 1.165) is 11.3 Å². The Labute approximate surface area is 166 Å². The molecule has 0 aliphatic rings. The highest BCUT2D eigenvalue weighted by molar-refractivity contribution is 7.93. The van der Waals surface area contributed by atoms with Gasteiger partial charge in [0.25, 0.3) is 0 Å². The summed E-state index contributed by atoms with van der Waals surface area (Å²) in [4.78, 5) is 16.2. The third kappa shape index (κ3) is 4.85. The summed E-state index contributed by atoms with van der Waals surface area (Å²) in [6.07, 6.45) is 3.06. The highest BCUT2D eigenvalue weighted by Crippen LogP contribution is 2.30. The molecule has 0 radical (unpaired) electrons. The van der Waals surface area contributed by atoms with Gasteiger partial charge in [0.1, 0.15) is 9.46 Å². The maximum atomic E-state index is 13.0. The third-order valence-corrected chi connectivity index (χ3v) is 7.54. The summed E-state index contributed by atoms with van der Waals surface area (Å²) in [6, 6.07) is 12.7. The number of carbonyl (C=O) groups excluding carboxylic acids is 1. The molecule has 0 saturated carbocycles. The molecule has 2 amide bonds. The number of hydrogen-bond acceptors (Lipinski definition) is 5. The van der Waals surface area contributed by atoms with Gasteiger partial charge in [0.15, 0.2) is 9.84 Å². The van der Waals surface area contributed by atoms with Crippen LogP contribution in [0.5, 0.6) is 0 Å². The standard InChI is InChI=1S/C18H16ClN3O3S2/c19-14-5-7-15(8-6-14)22-18(23)21-12-16(13-3-1-9-20-11-13)27(24,25)17-4-2-10-26-17/h1-11,16H,12H2,(H2,21,22,23). The number of halogens is 1. The van der Waals surface area contributed by atoms with Crippen LogP contribution in [0.1, 0.15) is 10.8 Å². The van der Waals surface area contributed by atoms with Crippen LogP contribution in [0, 0.1) is 0 Å². The van der Waals surface area contributed by atoms with Crippen molar-refractivity contribution in [3.8, 4) is 0 Å². The number of hydrogen-bond donors (Lipinski definition) is 2. The van der Waals surface area contributed by atoms with Crippen molar-refractivity contribution < 1.29 is 13.2 Å². The molecule has 2 aromatic heterocycles. The van der Waals surface area contributed by atoms with E-state index in [-0.39, 0.29) is 10.8 Å². The van der Waals surface area contributed by atoms with Crippen LogP contribution >= 0.6 is 22.9 Å². The topological polar surface area (TPSA) is 88.2 Å². The number of amides is 2. The second-order valence-corrected chi connectivity index (χ2v) is 9.34. The van der Waals surface area contributed by atoms with E-state index in [1.54, 1.807) is 60.1 Å². The van der Waals surface area contributed by atoms with Crippen LogP contribution in [0.15, 0.2) is 70.5 Å². The lowest BCUT2D eigenvalue weighted by Crippen LogP contribution is -2.34. The molecule has 2 N–H and O–H groups in total. The van der Waals surface area contributed by atoms with Crippen LogP contribution in [-0.4, -0.2) is 26.0 Å². The molecule has 0 aliphatic carbocycles. The van der Waals surface area contributed by atoms with Gasteiger partial charge in [-0.25, -0.2) is 13.2 Å². The van der Waals surface area contributed by atoms with Gasteiger partial charge in [-0.05, 0) is 47.3 Å². The minimum atomic E-state index is -3.67. The molecule has 27 heavy (non-hydrogen) atoms. The third-order valence-electron chi connectivity index (χ3n) is 3.76. The van der Waals surface area contributed by atoms with E-state index in [4.69, 9.17) is 11.6 Å². The van der Waals surface area contributed by atoms with Crippen LogP contribution < -0.4 is 10.6 Å². The van der Waals surface area contributed by atoms with Crippen molar-refractivity contribution in [2.45, 2.75) is 9.46 Å². The Morgan fingerprint density at radius 3 is 2.56 bits per heavy atom. The monoisotopic (exact) mass is 421 g/mol. The maximum Gasteiger partial charge on any atom is 0.319 e. The highest BCUT2D eigenvalue weighted by Gasteiger charge is 2.30. The SMILES string of the molecule is O=C(NCC(c1cccnc1)S(=O)(=O)c1cccs1)Nc1ccc(Cl)cc1. The molecule has 1 atom stereocenters. The minimum absolute atomic E-state index is 0.0919. The first-order chi connectivity index (χ1) is 13.0. The second-order valence-electron chi connectivity index (χ2n) is 5.59. The first-order valence-corrected chi connectivity index (χ1v) is 10.7. The zero-order valence-electron chi connectivity index (χ0n) is 14.0. The number of aromatic nitrogens is 1. The summed E-state index contributed by atoms with van der Waals surface area (Å²) in [6.45, 7) is -0.0919. The number of anilines is 1. The first-order valence-electron chi connectivity index (χ1n) is 7.94. The van der Waals surface area contributed by atoms with Crippen molar-refractivity contribution in [3.63, 3.8) is 0 Å². The predicted molar refractivity (Wildman–Crippen MR) is 107 cm³/mol. The summed E-state index contributed by atoms with van der Waals surface area (Å²) < 4.78 is 26.2.